The van der Waals surface area contributed by atoms with Gasteiger partial charge in [-0.2, -0.15) is 0 Å². The molecule has 0 fully saturated rings. The van der Waals surface area contributed by atoms with E-state index in [1.54, 1.807) is 6.07 Å². The molecule has 0 bridgehead atoms. The van der Waals surface area contributed by atoms with E-state index in [2.05, 4.69) is 15.9 Å². The number of hydrogen-bond donors (Lipinski definition) is 0. The van der Waals surface area contributed by atoms with Gasteiger partial charge >= 0.3 is 6.09 Å². The lowest BCUT2D eigenvalue weighted by Gasteiger charge is -2.20. The van der Waals surface area contributed by atoms with E-state index < -0.39 is 11.7 Å². The van der Waals surface area contributed by atoms with Gasteiger partial charge in [0.25, 0.3) is 0 Å². The van der Waals surface area contributed by atoms with Gasteiger partial charge in [0.1, 0.15) is 5.60 Å². The smallest absolute Gasteiger partial charge is 0.419 e. The van der Waals surface area contributed by atoms with Crippen molar-refractivity contribution in [3.63, 3.8) is 0 Å². The summed E-state index contributed by atoms with van der Waals surface area (Å²) in [6.07, 6.45) is -0.477. The number of hydrogen-bond acceptors (Lipinski definition) is 2. The molecule has 0 spiro atoms. The Labute approximate surface area is 135 Å². The fourth-order valence-electron chi connectivity index (χ4n) is 1.93. The van der Waals surface area contributed by atoms with Crippen LogP contribution in [0.1, 0.15) is 26.5 Å². The molecule has 0 aliphatic heterocycles. The van der Waals surface area contributed by atoms with Crippen LogP contribution in [0.5, 0.6) is 0 Å². The van der Waals surface area contributed by atoms with Crippen LogP contribution >= 0.6 is 39.1 Å². The molecule has 108 valence electrons. The van der Waals surface area contributed by atoms with Gasteiger partial charge in [-0.3, -0.25) is 0 Å². The molecule has 1 aromatic carbocycles. The molecule has 2 rings (SSSR count). The highest BCUT2D eigenvalue weighted by Gasteiger charge is 2.25. The lowest BCUT2D eigenvalue weighted by Crippen LogP contribution is -2.27. The van der Waals surface area contributed by atoms with Gasteiger partial charge in [-0.05, 0) is 49.7 Å². The first kappa shape index (κ1) is 15.7. The van der Waals surface area contributed by atoms with Crippen molar-refractivity contribution in [2.45, 2.75) is 33.3 Å². The zero-order valence-corrected chi connectivity index (χ0v) is 14.7. The van der Waals surface area contributed by atoms with Gasteiger partial charge in [0, 0.05) is 15.6 Å². The number of carbonyl (C=O) groups excluding carboxylic acids is 1. The molecule has 20 heavy (non-hydrogen) atoms. The molecule has 0 aliphatic rings. The van der Waals surface area contributed by atoms with Crippen molar-refractivity contribution in [3.8, 4) is 0 Å². The number of aromatic nitrogens is 1. The number of rotatable bonds is 0. The van der Waals surface area contributed by atoms with E-state index in [9.17, 15) is 4.79 Å². The molecular weight excluding hydrogens is 365 g/mol. The van der Waals surface area contributed by atoms with Crippen LogP contribution in [0.4, 0.5) is 4.79 Å². The summed E-state index contributed by atoms with van der Waals surface area (Å²) >= 11 is 15.8. The topological polar surface area (TPSA) is 31.2 Å². The standard InChI is InChI=1S/C14H14BrCl2NO2/c1-7-10(15)8-5-6-9(16)11(17)12(8)18(7)13(19)20-14(2,3)4/h5-6H,1-4H3. The van der Waals surface area contributed by atoms with Crippen molar-refractivity contribution in [3.05, 3.63) is 32.3 Å². The van der Waals surface area contributed by atoms with Gasteiger partial charge in [0.2, 0.25) is 0 Å². The number of ether oxygens (including phenoxy) is 1. The summed E-state index contributed by atoms with van der Waals surface area (Å²) in [5.74, 6) is 0. The number of carbonyl (C=O) groups is 1. The third-order valence-electron chi connectivity index (χ3n) is 2.76. The quantitative estimate of drug-likeness (QED) is 0.579. The molecule has 3 nitrogen and oxygen atoms in total. The zero-order valence-electron chi connectivity index (χ0n) is 11.6. The Bertz CT molecular complexity index is 701. The van der Waals surface area contributed by atoms with Crippen molar-refractivity contribution in [1.29, 1.82) is 0 Å². The van der Waals surface area contributed by atoms with Crippen LogP contribution in [-0.4, -0.2) is 16.3 Å². The maximum Gasteiger partial charge on any atom is 0.419 e. The fraction of sp³-hybridized carbons (Fsp3) is 0.357. The molecule has 0 atom stereocenters. The molecule has 0 N–H and O–H groups in total. The van der Waals surface area contributed by atoms with Crippen LogP contribution in [0.2, 0.25) is 10.0 Å². The van der Waals surface area contributed by atoms with Gasteiger partial charge in [-0.15, -0.1) is 0 Å². The van der Waals surface area contributed by atoms with Crippen LogP contribution in [0.15, 0.2) is 16.6 Å². The minimum absolute atomic E-state index is 0.337. The highest BCUT2D eigenvalue weighted by atomic mass is 79.9. The lowest BCUT2D eigenvalue weighted by atomic mass is 10.2. The number of benzene rings is 1. The van der Waals surface area contributed by atoms with Gasteiger partial charge in [0.15, 0.2) is 0 Å². The van der Waals surface area contributed by atoms with E-state index in [1.807, 2.05) is 33.8 Å². The monoisotopic (exact) mass is 377 g/mol. The summed E-state index contributed by atoms with van der Waals surface area (Å²) in [6, 6.07) is 3.53. The molecule has 0 radical (unpaired) electrons. The fourth-order valence-corrected chi connectivity index (χ4v) is 2.83. The average Bonchev–Trinajstić information content (AvgIpc) is 2.56. The summed E-state index contributed by atoms with van der Waals surface area (Å²) in [5.41, 5.74) is 0.689. The first-order valence-electron chi connectivity index (χ1n) is 6.01. The van der Waals surface area contributed by atoms with Crippen LogP contribution in [0, 0.1) is 6.92 Å². The number of halogens is 3. The molecule has 0 amide bonds. The zero-order chi connectivity index (χ0) is 15.2. The lowest BCUT2D eigenvalue weighted by molar-refractivity contribution is 0.0541. The maximum atomic E-state index is 12.4. The maximum absolute atomic E-state index is 12.4. The predicted molar refractivity (Wildman–Crippen MR) is 86.0 cm³/mol. The summed E-state index contributed by atoms with van der Waals surface area (Å²) in [6.45, 7) is 7.26. The summed E-state index contributed by atoms with van der Waals surface area (Å²) in [5, 5.41) is 1.56. The van der Waals surface area contributed by atoms with E-state index in [0.29, 0.717) is 15.6 Å². The third kappa shape index (κ3) is 2.69. The second kappa shape index (κ2) is 5.24. The van der Waals surface area contributed by atoms with Crippen LogP contribution in [0.3, 0.4) is 0 Å². The Morgan fingerprint density at radius 2 is 1.90 bits per heavy atom. The van der Waals surface area contributed by atoms with Crippen molar-refractivity contribution in [2.24, 2.45) is 0 Å². The van der Waals surface area contributed by atoms with E-state index in [4.69, 9.17) is 27.9 Å². The van der Waals surface area contributed by atoms with Crippen LogP contribution < -0.4 is 0 Å². The molecule has 0 saturated carbocycles. The predicted octanol–water partition coefficient (Wildman–Crippen LogP) is 5.80. The first-order chi connectivity index (χ1) is 9.13. The van der Waals surface area contributed by atoms with Crippen LogP contribution in [0.25, 0.3) is 10.9 Å². The second-order valence-corrected chi connectivity index (χ2v) is 7.05. The first-order valence-corrected chi connectivity index (χ1v) is 7.56. The summed E-state index contributed by atoms with van der Waals surface area (Å²) in [4.78, 5) is 12.4. The Morgan fingerprint density at radius 3 is 2.45 bits per heavy atom. The van der Waals surface area contributed by atoms with Crippen molar-refractivity contribution >= 4 is 56.1 Å². The molecule has 0 unspecified atom stereocenters. The number of fused-ring (bicyclic) bond motifs is 1. The molecule has 6 heteroatoms. The van der Waals surface area contributed by atoms with Gasteiger partial charge in [0.05, 0.1) is 15.6 Å². The summed E-state index contributed by atoms with van der Waals surface area (Å²) in [7, 11) is 0. The molecule has 2 aromatic rings. The van der Waals surface area contributed by atoms with E-state index in [1.165, 1.54) is 4.57 Å². The molecule has 0 saturated heterocycles. The molecular formula is C14H14BrCl2NO2. The minimum atomic E-state index is -0.586. The Hall–Kier alpha value is -0.710. The molecule has 1 aromatic heterocycles. The van der Waals surface area contributed by atoms with Crippen molar-refractivity contribution in [2.75, 3.05) is 0 Å². The number of nitrogens with zero attached hydrogens (tertiary/aromatic N) is 1. The Balaban J connectivity index is 2.73. The largest absolute Gasteiger partial charge is 0.443 e. The average molecular weight is 379 g/mol. The third-order valence-corrected chi connectivity index (χ3v) is 4.55. The second-order valence-electron chi connectivity index (χ2n) is 5.47. The van der Waals surface area contributed by atoms with Crippen molar-refractivity contribution in [1.82, 2.24) is 4.57 Å². The Morgan fingerprint density at radius 1 is 1.30 bits per heavy atom. The minimum Gasteiger partial charge on any atom is -0.443 e. The van der Waals surface area contributed by atoms with E-state index in [0.717, 1.165) is 15.6 Å². The molecule has 1 heterocycles. The van der Waals surface area contributed by atoms with E-state index in [-0.39, 0.29) is 0 Å². The highest BCUT2D eigenvalue weighted by Crippen LogP contribution is 2.38. The van der Waals surface area contributed by atoms with Gasteiger partial charge in [-0.1, -0.05) is 29.3 Å². The molecule has 0 aliphatic carbocycles. The van der Waals surface area contributed by atoms with Crippen molar-refractivity contribution < 1.29 is 9.53 Å². The van der Waals surface area contributed by atoms with Crippen LogP contribution in [-0.2, 0) is 4.74 Å². The normalized spacial score (nSPS) is 11.9. The summed E-state index contributed by atoms with van der Waals surface area (Å²) < 4.78 is 7.67. The van der Waals surface area contributed by atoms with Gasteiger partial charge in [-0.25, -0.2) is 9.36 Å². The Kier molecular flexibility index (Phi) is 4.11. The SMILES string of the molecule is Cc1c(Br)c2ccc(Cl)c(Cl)c2n1C(=O)OC(C)(C)C. The van der Waals surface area contributed by atoms with E-state index >= 15 is 0 Å². The van der Waals surface area contributed by atoms with Gasteiger partial charge < -0.3 is 4.74 Å². The highest BCUT2D eigenvalue weighted by molar-refractivity contribution is 9.10.